The SMILES string of the molecule is Cc1nc(C(Br)Cc2ccc(F)cc2F)cs1. The summed E-state index contributed by atoms with van der Waals surface area (Å²) in [5.74, 6) is -1.07. The van der Waals surface area contributed by atoms with Gasteiger partial charge in [-0.1, -0.05) is 22.0 Å². The van der Waals surface area contributed by atoms with Crippen LogP contribution in [0, 0.1) is 18.6 Å². The maximum absolute atomic E-state index is 13.5. The van der Waals surface area contributed by atoms with Crippen molar-refractivity contribution in [2.45, 2.75) is 18.2 Å². The predicted octanol–water partition coefficient (Wildman–Crippen LogP) is 4.41. The first-order valence-electron chi connectivity index (χ1n) is 5.06. The summed E-state index contributed by atoms with van der Waals surface area (Å²) in [7, 11) is 0. The van der Waals surface area contributed by atoms with E-state index in [2.05, 4.69) is 20.9 Å². The molecule has 0 radical (unpaired) electrons. The van der Waals surface area contributed by atoms with Crippen molar-refractivity contribution in [3.8, 4) is 0 Å². The number of hydrogen-bond donors (Lipinski definition) is 0. The van der Waals surface area contributed by atoms with Crippen LogP contribution in [0.25, 0.3) is 0 Å². The van der Waals surface area contributed by atoms with Crippen LogP contribution in [0.1, 0.15) is 21.1 Å². The molecular formula is C12H10BrF2NS. The summed E-state index contributed by atoms with van der Waals surface area (Å²) in [6.45, 7) is 1.92. The summed E-state index contributed by atoms with van der Waals surface area (Å²) in [5, 5.41) is 2.92. The Morgan fingerprint density at radius 2 is 2.18 bits per heavy atom. The van der Waals surface area contributed by atoms with Crippen LogP contribution in [0.15, 0.2) is 23.6 Å². The van der Waals surface area contributed by atoms with Gasteiger partial charge >= 0.3 is 0 Å². The molecule has 0 saturated heterocycles. The van der Waals surface area contributed by atoms with Gasteiger partial charge in [0, 0.05) is 11.4 Å². The quantitative estimate of drug-likeness (QED) is 0.764. The zero-order chi connectivity index (χ0) is 12.4. The number of benzene rings is 1. The molecule has 5 heteroatoms. The molecule has 1 nitrogen and oxygen atoms in total. The predicted molar refractivity (Wildman–Crippen MR) is 68.6 cm³/mol. The second-order valence-corrected chi connectivity index (χ2v) is 5.87. The minimum Gasteiger partial charge on any atom is -0.245 e. The molecule has 1 heterocycles. The molecule has 0 bridgehead atoms. The number of hydrogen-bond acceptors (Lipinski definition) is 2. The molecule has 0 aliphatic heterocycles. The molecule has 0 fully saturated rings. The first-order valence-corrected chi connectivity index (χ1v) is 6.86. The zero-order valence-corrected chi connectivity index (χ0v) is 11.5. The lowest BCUT2D eigenvalue weighted by atomic mass is 10.1. The molecule has 0 aliphatic rings. The number of halogens is 3. The van der Waals surface area contributed by atoms with Crippen molar-refractivity contribution < 1.29 is 8.78 Å². The van der Waals surface area contributed by atoms with Crippen LogP contribution in [-0.4, -0.2) is 4.98 Å². The molecular weight excluding hydrogens is 308 g/mol. The molecule has 1 atom stereocenters. The van der Waals surface area contributed by atoms with Crippen LogP contribution in [0.3, 0.4) is 0 Å². The van der Waals surface area contributed by atoms with Crippen LogP contribution < -0.4 is 0 Å². The highest BCUT2D eigenvalue weighted by atomic mass is 79.9. The molecule has 0 spiro atoms. The Bertz CT molecular complexity index is 527. The van der Waals surface area contributed by atoms with Gasteiger partial charge in [0.25, 0.3) is 0 Å². The van der Waals surface area contributed by atoms with Crippen molar-refractivity contribution in [3.63, 3.8) is 0 Å². The standard InChI is InChI=1S/C12H10BrF2NS/c1-7-16-12(6-17-7)10(13)4-8-2-3-9(14)5-11(8)15/h2-3,5-6,10H,4H2,1H3. The molecule has 1 aromatic carbocycles. The van der Waals surface area contributed by atoms with E-state index in [1.807, 2.05) is 12.3 Å². The lowest BCUT2D eigenvalue weighted by Crippen LogP contribution is -1.99. The Morgan fingerprint density at radius 3 is 2.76 bits per heavy atom. The van der Waals surface area contributed by atoms with E-state index in [1.165, 1.54) is 12.1 Å². The fourth-order valence-corrected chi connectivity index (χ4v) is 2.93. The van der Waals surface area contributed by atoms with Crippen LogP contribution in [0.5, 0.6) is 0 Å². The van der Waals surface area contributed by atoms with Crippen molar-refractivity contribution >= 4 is 27.3 Å². The largest absolute Gasteiger partial charge is 0.245 e. The Balaban J connectivity index is 2.15. The van der Waals surface area contributed by atoms with Gasteiger partial charge in [-0.2, -0.15) is 0 Å². The smallest absolute Gasteiger partial charge is 0.129 e. The highest BCUT2D eigenvalue weighted by molar-refractivity contribution is 9.09. The fourth-order valence-electron chi connectivity index (χ4n) is 1.51. The van der Waals surface area contributed by atoms with Crippen molar-refractivity contribution in [2.75, 3.05) is 0 Å². The molecule has 0 saturated carbocycles. The van der Waals surface area contributed by atoms with Crippen molar-refractivity contribution in [1.29, 1.82) is 0 Å². The maximum atomic E-state index is 13.5. The van der Waals surface area contributed by atoms with Gasteiger partial charge in [0.1, 0.15) is 11.6 Å². The van der Waals surface area contributed by atoms with Crippen molar-refractivity contribution in [1.82, 2.24) is 4.98 Å². The van der Waals surface area contributed by atoms with Gasteiger partial charge in [-0.15, -0.1) is 11.3 Å². The molecule has 1 unspecified atom stereocenters. The first kappa shape index (κ1) is 12.6. The van der Waals surface area contributed by atoms with E-state index < -0.39 is 11.6 Å². The molecule has 90 valence electrons. The topological polar surface area (TPSA) is 12.9 Å². The number of alkyl halides is 1. The third-order valence-electron chi connectivity index (χ3n) is 2.37. The molecule has 17 heavy (non-hydrogen) atoms. The van der Waals surface area contributed by atoms with E-state index in [1.54, 1.807) is 11.3 Å². The van der Waals surface area contributed by atoms with Gasteiger partial charge in [0.2, 0.25) is 0 Å². The number of aryl methyl sites for hydroxylation is 1. The highest BCUT2D eigenvalue weighted by Crippen LogP contribution is 2.28. The maximum Gasteiger partial charge on any atom is 0.129 e. The minimum atomic E-state index is -0.554. The third-order valence-corrected chi connectivity index (χ3v) is 3.96. The molecule has 0 N–H and O–H groups in total. The number of rotatable bonds is 3. The van der Waals surface area contributed by atoms with E-state index in [0.717, 1.165) is 16.8 Å². The summed E-state index contributed by atoms with van der Waals surface area (Å²) in [6.07, 6.45) is 0.454. The Labute approximate surface area is 111 Å². The third kappa shape index (κ3) is 3.10. The van der Waals surface area contributed by atoms with E-state index in [-0.39, 0.29) is 4.83 Å². The number of thiazole rings is 1. The van der Waals surface area contributed by atoms with Crippen molar-refractivity contribution in [2.24, 2.45) is 0 Å². The number of nitrogens with zero attached hydrogens (tertiary/aromatic N) is 1. The Morgan fingerprint density at radius 1 is 1.41 bits per heavy atom. The van der Waals surface area contributed by atoms with E-state index >= 15 is 0 Å². The number of aromatic nitrogens is 1. The molecule has 1 aromatic heterocycles. The Hall–Kier alpha value is -0.810. The van der Waals surface area contributed by atoms with Gasteiger partial charge in [-0.25, -0.2) is 13.8 Å². The van der Waals surface area contributed by atoms with Crippen LogP contribution in [0.2, 0.25) is 0 Å². The summed E-state index contributed by atoms with van der Waals surface area (Å²) < 4.78 is 26.2. The lowest BCUT2D eigenvalue weighted by Gasteiger charge is -2.08. The normalized spacial score (nSPS) is 12.7. The summed E-state index contributed by atoms with van der Waals surface area (Å²) in [4.78, 5) is 4.28. The molecule has 0 amide bonds. The van der Waals surface area contributed by atoms with Gasteiger partial charge in [-0.3, -0.25) is 0 Å². The minimum absolute atomic E-state index is 0.0487. The van der Waals surface area contributed by atoms with E-state index in [0.29, 0.717) is 12.0 Å². The van der Waals surface area contributed by atoms with Crippen LogP contribution >= 0.6 is 27.3 Å². The monoisotopic (exact) mass is 317 g/mol. The van der Waals surface area contributed by atoms with E-state index in [9.17, 15) is 8.78 Å². The Kier molecular flexibility index (Phi) is 3.89. The first-order chi connectivity index (χ1) is 8.06. The van der Waals surface area contributed by atoms with Gasteiger partial charge < -0.3 is 0 Å². The molecule has 0 aliphatic carbocycles. The summed E-state index contributed by atoms with van der Waals surface area (Å²) in [5.41, 5.74) is 1.37. The summed E-state index contributed by atoms with van der Waals surface area (Å²) >= 11 is 5.03. The van der Waals surface area contributed by atoms with Gasteiger partial charge in [0.05, 0.1) is 15.5 Å². The zero-order valence-electron chi connectivity index (χ0n) is 9.08. The van der Waals surface area contributed by atoms with Crippen LogP contribution in [-0.2, 0) is 6.42 Å². The van der Waals surface area contributed by atoms with Gasteiger partial charge in [-0.05, 0) is 25.0 Å². The second kappa shape index (κ2) is 5.23. The average Bonchev–Trinajstić information content (AvgIpc) is 2.69. The second-order valence-electron chi connectivity index (χ2n) is 3.70. The average molecular weight is 318 g/mol. The van der Waals surface area contributed by atoms with Crippen LogP contribution in [0.4, 0.5) is 8.78 Å². The highest BCUT2D eigenvalue weighted by Gasteiger charge is 2.14. The van der Waals surface area contributed by atoms with Crippen molar-refractivity contribution in [3.05, 3.63) is 51.5 Å². The summed E-state index contributed by atoms with van der Waals surface area (Å²) in [6, 6.07) is 3.64. The fraction of sp³-hybridized carbons (Fsp3) is 0.250. The molecule has 2 aromatic rings. The lowest BCUT2D eigenvalue weighted by molar-refractivity contribution is 0.571. The molecule has 2 rings (SSSR count). The van der Waals surface area contributed by atoms with Gasteiger partial charge in [0.15, 0.2) is 0 Å². The van der Waals surface area contributed by atoms with E-state index in [4.69, 9.17) is 0 Å².